The van der Waals surface area contributed by atoms with Crippen molar-refractivity contribution in [1.29, 1.82) is 0 Å². The third kappa shape index (κ3) is 4.21. The number of nitrogens with one attached hydrogen (secondary N) is 1. The minimum Gasteiger partial charge on any atom is -0.381 e. The molecule has 1 atom stereocenters. The van der Waals surface area contributed by atoms with Gasteiger partial charge in [0.15, 0.2) is 0 Å². The highest BCUT2D eigenvalue weighted by molar-refractivity contribution is 4.94. The van der Waals surface area contributed by atoms with Crippen LogP contribution in [0.2, 0.25) is 0 Å². The monoisotopic (exact) mass is 245 g/mol. The minimum absolute atomic E-state index is 0.136. The van der Waals surface area contributed by atoms with Crippen LogP contribution in [0, 0.1) is 0 Å². The molecular formula is C13H27NO3. The molecule has 4 heteroatoms. The van der Waals surface area contributed by atoms with Crippen LogP contribution in [0.1, 0.15) is 33.6 Å². The molecule has 0 aromatic heterocycles. The SMILES string of the molecule is CCNC(COC(C)C)C1(OC)CCOCC1. The van der Waals surface area contributed by atoms with Crippen molar-refractivity contribution in [3.05, 3.63) is 0 Å². The van der Waals surface area contributed by atoms with Gasteiger partial charge < -0.3 is 19.5 Å². The molecule has 1 fully saturated rings. The molecular weight excluding hydrogens is 218 g/mol. The molecule has 1 N–H and O–H groups in total. The van der Waals surface area contributed by atoms with Gasteiger partial charge in [0.1, 0.15) is 0 Å². The van der Waals surface area contributed by atoms with Crippen molar-refractivity contribution in [2.75, 3.05) is 33.5 Å². The number of rotatable bonds is 7. The van der Waals surface area contributed by atoms with Crippen molar-refractivity contribution >= 4 is 0 Å². The van der Waals surface area contributed by atoms with Gasteiger partial charge in [-0.1, -0.05) is 6.92 Å². The fourth-order valence-electron chi connectivity index (χ4n) is 2.34. The van der Waals surface area contributed by atoms with Gasteiger partial charge in [0, 0.05) is 33.2 Å². The predicted molar refractivity (Wildman–Crippen MR) is 68.3 cm³/mol. The predicted octanol–water partition coefficient (Wildman–Crippen LogP) is 1.59. The maximum atomic E-state index is 5.80. The number of likely N-dealkylation sites (N-methyl/N-ethyl adjacent to an activating group) is 1. The van der Waals surface area contributed by atoms with E-state index >= 15 is 0 Å². The fourth-order valence-corrected chi connectivity index (χ4v) is 2.34. The van der Waals surface area contributed by atoms with E-state index in [1.807, 2.05) is 0 Å². The first-order chi connectivity index (χ1) is 8.14. The summed E-state index contributed by atoms with van der Waals surface area (Å²) < 4.78 is 17.0. The van der Waals surface area contributed by atoms with Gasteiger partial charge in [0.05, 0.1) is 24.4 Å². The van der Waals surface area contributed by atoms with E-state index in [1.54, 1.807) is 7.11 Å². The van der Waals surface area contributed by atoms with Crippen molar-refractivity contribution < 1.29 is 14.2 Å². The first-order valence-electron chi connectivity index (χ1n) is 6.62. The van der Waals surface area contributed by atoms with Crippen LogP contribution in [-0.4, -0.2) is 51.2 Å². The normalized spacial score (nSPS) is 21.7. The van der Waals surface area contributed by atoms with Gasteiger partial charge in [0.25, 0.3) is 0 Å². The van der Waals surface area contributed by atoms with Gasteiger partial charge in [0.2, 0.25) is 0 Å². The number of hydrogen-bond acceptors (Lipinski definition) is 4. The topological polar surface area (TPSA) is 39.7 Å². The Morgan fingerprint density at radius 1 is 1.29 bits per heavy atom. The van der Waals surface area contributed by atoms with Crippen LogP contribution in [0.4, 0.5) is 0 Å². The van der Waals surface area contributed by atoms with E-state index in [4.69, 9.17) is 14.2 Å². The molecule has 1 saturated heterocycles. The highest BCUT2D eigenvalue weighted by atomic mass is 16.5. The Morgan fingerprint density at radius 3 is 2.41 bits per heavy atom. The summed E-state index contributed by atoms with van der Waals surface area (Å²) in [6.45, 7) is 9.41. The second kappa shape index (κ2) is 7.31. The quantitative estimate of drug-likeness (QED) is 0.739. The molecule has 0 aliphatic carbocycles. The van der Waals surface area contributed by atoms with Gasteiger partial charge in [-0.05, 0) is 20.4 Å². The molecule has 1 aliphatic rings. The molecule has 0 aromatic rings. The van der Waals surface area contributed by atoms with Crippen molar-refractivity contribution in [3.63, 3.8) is 0 Å². The Balaban J connectivity index is 2.63. The average Bonchev–Trinajstić information content (AvgIpc) is 2.35. The Labute approximate surface area is 105 Å². The van der Waals surface area contributed by atoms with E-state index < -0.39 is 0 Å². The molecule has 0 spiro atoms. The lowest BCUT2D eigenvalue weighted by Gasteiger charge is -2.42. The van der Waals surface area contributed by atoms with E-state index in [-0.39, 0.29) is 17.7 Å². The van der Waals surface area contributed by atoms with Gasteiger partial charge in [-0.2, -0.15) is 0 Å². The third-order valence-electron chi connectivity index (χ3n) is 3.43. The van der Waals surface area contributed by atoms with Gasteiger partial charge in [-0.3, -0.25) is 0 Å². The van der Waals surface area contributed by atoms with Crippen LogP contribution < -0.4 is 5.32 Å². The lowest BCUT2D eigenvalue weighted by Crippen LogP contribution is -2.57. The van der Waals surface area contributed by atoms with Crippen LogP contribution in [0.25, 0.3) is 0 Å². The second-order valence-electron chi connectivity index (χ2n) is 4.87. The summed E-state index contributed by atoms with van der Waals surface area (Å²) in [5.41, 5.74) is -0.136. The maximum Gasteiger partial charge on any atom is 0.0897 e. The summed E-state index contributed by atoms with van der Waals surface area (Å²) in [6.07, 6.45) is 2.12. The molecule has 0 saturated carbocycles. The minimum atomic E-state index is -0.136. The zero-order chi connectivity index (χ0) is 12.7. The van der Waals surface area contributed by atoms with Gasteiger partial charge >= 0.3 is 0 Å². The average molecular weight is 245 g/mol. The zero-order valence-electron chi connectivity index (χ0n) is 11.6. The second-order valence-corrected chi connectivity index (χ2v) is 4.87. The molecule has 0 radical (unpaired) electrons. The highest BCUT2D eigenvalue weighted by Crippen LogP contribution is 2.28. The highest BCUT2D eigenvalue weighted by Gasteiger charge is 2.40. The maximum absolute atomic E-state index is 5.80. The third-order valence-corrected chi connectivity index (χ3v) is 3.43. The van der Waals surface area contributed by atoms with E-state index in [9.17, 15) is 0 Å². The van der Waals surface area contributed by atoms with E-state index in [0.29, 0.717) is 6.61 Å². The van der Waals surface area contributed by atoms with Gasteiger partial charge in [-0.25, -0.2) is 0 Å². The summed E-state index contributed by atoms with van der Waals surface area (Å²) >= 11 is 0. The molecule has 0 bridgehead atoms. The largest absolute Gasteiger partial charge is 0.381 e. The zero-order valence-corrected chi connectivity index (χ0v) is 11.6. The van der Waals surface area contributed by atoms with E-state index in [1.165, 1.54) is 0 Å². The Bertz CT molecular complexity index is 203. The number of hydrogen-bond donors (Lipinski definition) is 1. The summed E-state index contributed by atoms with van der Waals surface area (Å²) in [4.78, 5) is 0. The van der Waals surface area contributed by atoms with Crippen LogP contribution in [0.3, 0.4) is 0 Å². The lowest BCUT2D eigenvalue weighted by atomic mass is 9.86. The van der Waals surface area contributed by atoms with Crippen molar-refractivity contribution in [2.24, 2.45) is 0 Å². The summed E-state index contributed by atoms with van der Waals surface area (Å²) in [6, 6.07) is 0.240. The first-order valence-corrected chi connectivity index (χ1v) is 6.62. The van der Waals surface area contributed by atoms with Crippen molar-refractivity contribution in [1.82, 2.24) is 5.32 Å². The van der Waals surface area contributed by atoms with Gasteiger partial charge in [-0.15, -0.1) is 0 Å². The molecule has 1 unspecified atom stereocenters. The molecule has 102 valence electrons. The molecule has 1 heterocycles. The molecule has 1 rings (SSSR count). The molecule has 17 heavy (non-hydrogen) atoms. The van der Waals surface area contributed by atoms with Crippen LogP contribution in [0.5, 0.6) is 0 Å². The Hall–Kier alpha value is -0.160. The van der Waals surface area contributed by atoms with E-state index in [0.717, 1.165) is 32.6 Å². The smallest absolute Gasteiger partial charge is 0.0897 e. The Morgan fingerprint density at radius 2 is 1.94 bits per heavy atom. The van der Waals surface area contributed by atoms with Crippen LogP contribution in [0.15, 0.2) is 0 Å². The lowest BCUT2D eigenvalue weighted by molar-refractivity contribution is -0.125. The fraction of sp³-hybridized carbons (Fsp3) is 1.00. The molecule has 0 aromatic carbocycles. The van der Waals surface area contributed by atoms with E-state index in [2.05, 4.69) is 26.1 Å². The van der Waals surface area contributed by atoms with Crippen LogP contribution >= 0.6 is 0 Å². The summed E-state index contributed by atoms with van der Waals surface area (Å²) in [5, 5.41) is 3.49. The summed E-state index contributed by atoms with van der Waals surface area (Å²) in [7, 11) is 1.80. The summed E-state index contributed by atoms with van der Waals surface area (Å²) in [5.74, 6) is 0. The first kappa shape index (κ1) is 14.9. The number of methoxy groups -OCH3 is 1. The molecule has 0 amide bonds. The molecule has 1 aliphatic heterocycles. The molecule has 4 nitrogen and oxygen atoms in total. The standard InChI is InChI=1S/C13H27NO3/c1-5-14-12(10-17-11(2)3)13(15-4)6-8-16-9-7-13/h11-12,14H,5-10H2,1-4H3. The number of ether oxygens (including phenoxy) is 3. The Kier molecular flexibility index (Phi) is 6.41. The van der Waals surface area contributed by atoms with Crippen molar-refractivity contribution in [2.45, 2.75) is 51.4 Å². The van der Waals surface area contributed by atoms with Crippen LogP contribution in [-0.2, 0) is 14.2 Å². The van der Waals surface area contributed by atoms with Crippen molar-refractivity contribution in [3.8, 4) is 0 Å².